The van der Waals surface area contributed by atoms with Crippen molar-refractivity contribution in [3.05, 3.63) is 33.8 Å². The Morgan fingerprint density at radius 3 is 2.52 bits per heavy atom. The summed E-state index contributed by atoms with van der Waals surface area (Å²) in [5.74, 6) is -1.53. The molecule has 1 aromatic rings. The molecule has 0 saturated heterocycles. The third kappa shape index (κ3) is 4.84. The standard InChI is InChI=1S/C16H21BrO4/c1-4-5-9-13(10(2)3)21-16(20)11-7-6-8-12(17)14(11)15(18)19/h6-8,10,13H,4-5,9H2,1-3H3,(H,18,19). The second kappa shape index (κ2) is 8.17. The zero-order chi connectivity index (χ0) is 16.0. The Bertz CT molecular complexity index is 511. The van der Waals surface area contributed by atoms with Crippen LogP contribution < -0.4 is 0 Å². The van der Waals surface area contributed by atoms with Crippen LogP contribution in [0.5, 0.6) is 0 Å². The third-order valence-electron chi connectivity index (χ3n) is 3.29. The van der Waals surface area contributed by atoms with Gasteiger partial charge in [-0.2, -0.15) is 0 Å². The number of carbonyl (C=O) groups excluding carboxylic acids is 1. The van der Waals surface area contributed by atoms with Gasteiger partial charge in [-0.05, 0) is 40.4 Å². The molecular formula is C16H21BrO4. The van der Waals surface area contributed by atoms with Crippen LogP contribution in [0.1, 0.15) is 60.7 Å². The Morgan fingerprint density at radius 2 is 2.00 bits per heavy atom. The topological polar surface area (TPSA) is 63.6 Å². The summed E-state index contributed by atoms with van der Waals surface area (Å²) in [5.41, 5.74) is 0.0273. The predicted octanol–water partition coefficient (Wildman–Crippen LogP) is 4.52. The smallest absolute Gasteiger partial charge is 0.339 e. The summed E-state index contributed by atoms with van der Waals surface area (Å²) >= 11 is 3.16. The Morgan fingerprint density at radius 1 is 1.33 bits per heavy atom. The largest absolute Gasteiger partial charge is 0.478 e. The second-order valence-corrected chi connectivity index (χ2v) is 6.15. The first-order valence-electron chi connectivity index (χ1n) is 7.11. The van der Waals surface area contributed by atoms with E-state index in [1.54, 1.807) is 12.1 Å². The SMILES string of the molecule is CCCCC(OC(=O)c1cccc(Br)c1C(=O)O)C(C)C. The summed E-state index contributed by atoms with van der Waals surface area (Å²) in [6, 6.07) is 4.70. The van der Waals surface area contributed by atoms with Crippen molar-refractivity contribution in [1.29, 1.82) is 0 Å². The molecule has 0 aliphatic rings. The van der Waals surface area contributed by atoms with Crippen molar-refractivity contribution in [2.24, 2.45) is 5.92 Å². The molecule has 0 aromatic heterocycles. The summed E-state index contributed by atoms with van der Waals surface area (Å²) in [5, 5.41) is 9.24. The maximum absolute atomic E-state index is 12.3. The molecule has 5 heteroatoms. The number of carbonyl (C=O) groups is 2. The molecule has 0 radical (unpaired) electrons. The van der Waals surface area contributed by atoms with Gasteiger partial charge in [-0.1, -0.05) is 39.7 Å². The van der Waals surface area contributed by atoms with E-state index in [2.05, 4.69) is 22.9 Å². The molecule has 4 nitrogen and oxygen atoms in total. The van der Waals surface area contributed by atoms with Gasteiger partial charge in [0.2, 0.25) is 0 Å². The van der Waals surface area contributed by atoms with E-state index in [1.165, 1.54) is 6.07 Å². The predicted molar refractivity (Wildman–Crippen MR) is 84.7 cm³/mol. The van der Waals surface area contributed by atoms with Crippen LogP contribution in [-0.2, 0) is 4.74 Å². The van der Waals surface area contributed by atoms with Gasteiger partial charge in [0.25, 0.3) is 0 Å². The number of carboxylic acid groups (broad SMARTS) is 1. The fraction of sp³-hybridized carbons (Fsp3) is 0.500. The first-order valence-corrected chi connectivity index (χ1v) is 7.90. The molecule has 116 valence electrons. The molecule has 0 saturated carbocycles. The molecule has 1 aromatic carbocycles. The van der Waals surface area contributed by atoms with Crippen molar-refractivity contribution < 1.29 is 19.4 Å². The van der Waals surface area contributed by atoms with Gasteiger partial charge in [0.05, 0.1) is 11.1 Å². The van der Waals surface area contributed by atoms with Crippen LogP contribution in [0.25, 0.3) is 0 Å². The lowest BCUT2D eigenvalue weighted by molar-refractivity contribution is 0.0148. The molecule has 0 fully saturated rings. The third-order valence-corrected chi connectivity index (χ3v) is 3.95. The number of aromatic carboxylic acids is 1. The average Bonchev–Trinajstić information content (AvgIpc) is 2.42. The van der Waals surface area contributed by atoms with E-state index in [-0.39, 0.29) is 23.1 Å². The van der Waals surface area contributed by atoms with Crippen LogP contribution in [0.3, 0.4) is 0 Å². The van der Waals surface area contributed by atoms with Crippen LogP contribution in [0.15, 0.2) is 22.7 Å². The molecule has 1 N–H and O–H groups in total. The highest BCUT2D eigenvalue weighted by atomic mass is 79.9. The number of esters is 1. The lowest BCUT2D eigenvalue weighted by Gasteiger charge is -2.21. The van der Waals surface area contributed by atoms with E-state index in [9.17, 15) is 14.7 Å². The number of halogens is 1. The molecule has 21 heavy (non-hydrogen) atoms. The zero-order valence-electron chi connectivity index (χ0n) is 12.6. The molecule has 0 aliphatic carbocycles. The van der Waals surface area contributed by atoms with Crippen molar-refractivity contribution in [2.45, 2.75) is 46.1 Å². The maximum Gasteiger partial charge on any atom is 0.339 e. The summed E-state index contributed by atoms with van der Waals surface area (Å²) < 4.78 is 5.90. The number of benzene rings is 1. The first-order chi connectivity index (χ1) is 9.88. The van der Waals surface area contributed by atoms with Crippen molar-refractivity contribution >= 4 is 27.9 Å². The molecular weight excluding hydrogens is 336 g/mol. The summed E-state index contributed by atoms with van der Waals surface area (Å²) in [4.78, 5) is 23.6. The molecule has 0 bridgehead atoms. The summed E-state index contributed by atoms with van der Waals surface area (Å²) in [6.07, 6.45) is 2.59. The minimum atomic E-state index is -1.15. The Hall–Kier alpha value is -1.36. The van der Waals surface area contributed by atoms with E-state index in [0.717, 1.165) is 19.3 Å². The van der Waals surface area contributed by atoms with E-state index < -0.39 is 11.9 Å². The number of hydrogen-bond donors (Lipinski definition) is 1. The molecule has 1 atom stereocenters. The van der Waals surface area contributed by atoms with Gasteiger partial charge in [0.15, 0.2) is 0 Å². The van der Waals surface area contributed by atoms with Gasteiger partial charge in [-0.15, -0.1) is 0 Å². The monoisotopic (exact) mass is 356 g/mol. The summed E-state index contributed by atoms with van der Waals surface area (Å²) in [7, 11) is 0. The minimum Gasteiger partial charge on any atom is -0.478 e. The zero-order valence-corrected chi connectivity index (χ0v) is 14.1. The van der Waals surface area contributed by atoms with Gasteiger partial charge < -0.3 is 9.84 Å². The number of ether oxygens (including phenoxy) is 1. The van der Waals surface area contributed by atoms with Crippen molar-refractivity contribution in [3.8, 4) is 0 Å². The van der Waals surface area contributed by atoms with E-state index in [4.69, 9.17) is 4.74 Å². The fourth-order valence-corrected chi connectivity index (χ4v) is 2.58. The van der Waals surface area contributed by atoms with Crippen LogP contribution in [-0.4, -0.2) is 23.1 Å². The number of unbranched alkanes of at least 4 members (excludes halogenated alkanes) is 1. The Kier molecular flexibility index (Phi) is 6.89. The van der Waals surface area contributed by atoms with Crippen LogP contribution >= 0.6 is 15.9 Å². The highest BCUT2D eigenvalue weighted by Crippen LogP contribution is 2.23. The van der Waals surface area contributed by atoms with Crippen molar-refractivity contribution in [3.63, 3.8) is 0 Å². The van der Waals surface area contributed by atoms with Gasteiger partial charge in [0.1, 0.15) is 6.10 Å². The lowest BCUT2D eigenvalue weighted by Crippen LogP contribution is -2.25. The van der Waals surface area contributed by atoms with E-state index >= 15 is 0 Å². The number of carboxylic acids is 1. The molecule has 1 unspecified atom stereocenters. The molecule has 0 heterocycles. The highest BCUT2D eigenvalue weighted by Gasteiger charge is 2.24. The molecule has 0 spiro atoms. The molecule has 0 aliphatic heterocycles. The first kappa shape index (κ1) is 17.7. The lowest BCUT2D eigenvalue weighted by atomic mass is 10.0. The summed E-state index contributed by atoms with van der Waals surface area (Å²) in [6.45, 7) is 6.06. The van der Waals surface area contributed by atoms with Crippen LogP contribution in [0.2, 0.25) is 0 Å². The fourth-order valence-electron chi connectivity index (χ4n) is 2.05. The van der Waals surface area contributed by atoms with Crippen LogP contribution in [0, 0.1) is 5.92 Å². The second-order valence-electron chi connectivity index (χ2n) is 5.30. The highest BCUT2D eigenvalue weighted by molar-refractivity contribution is 9.10. The molecule has 1 rings (SSSR count). The maximum atomic E-state index is 12.3. The van der Waals surface area contributed by atoms with E-state index in [0.29, 0.717) is 4.47 Å². The van der Waals surface area contributed by atoms with Gasteiger partial charge >= 0.3 is 11.9 Å². The minimum absolute atomic E-state index is 0.0551. The van der Waals surface area contributed by atoms with Crippen molar-refractivity contribution in [1.82, 2.24) is 0 Å². The van der Waals surface area contributed by atoms with Crippen molar-refractivity contribution in [2.75, 3.05) is 0 Å². The Balaban J connectivity index is 2.98. The average molecular weight is 357 g/mol. The van der Waals surface area contributed by atoms with Gasteiger partial charge in [-0.25, -0.2) is 9.59 Å². The molecule has 0 amide bonds. The van der Waals surface area contributed by atoms with E-state index in [1.807, 2.05) is 13.8 Å². The quantitative estimate of drug-likeness (QED) is 0.729. The van der Waals surface area contributed by atoms with Gasteiger partial charge in [0, 0.05) is 4.47 Å². The normalized spacial score (nSPS) is 12.2. The van der Waals surface area contributed by atoms with Gasteiger partial charge in [-0.3, -0.25) is 0 Å². The number of rotatable bonds is 7. The number of hydrogen-bond acceptors (Lipinski definition) is 3. The Labute approximate surface area is 133 Å². The van der Waals surface area contributed by atoms with Crippen LogP contribution in [0.4, 0.5) is 0 Å².